The Bertz CT molecular complexity index is 406. The molecular formula is C12H14F2O2. The summed E-state index contributed by atoms with van der Waals surface area (Å²) in [6.07, 6.45) is -2.76. The molecule has 0 aliphatic carbocycles. The van der Waals surface area contributed by atoms with Gasteiger partial charge < -0.3 is 5.11 Å². The molecule has 1 aromatic rings. The van der Waals surface area contributed by atoms with Crippen molar-refractivity contribution in [2.45, 2.75) is 32.6 Å². The van der Waals surface area contributed by atoms with Crippen molar-refractivity contribution in [3.8, 4) is 0 Å². The summed E-state index contributed by atoms with van der Waals surface area (Å²) >= 11 is 0. The van der Waals surface area contributed by atoms with E-state index in [0.717, 1.165) is 5.56 Å². The zero-order valence-electron chi connectivity index (χ0n) is 9.42. The predicted octanol–water partition coefficient (Wildman–Crippen LogP) is 3.62. The van der Waals surface area contributed by atoms with Crippen LogP contribution in [0.4, 0.5) is 8.78 Å². The van der Waals surface area contributed by atoms with Crippen LogP contribution in [0, 0.1) is 0 Å². The Hall–Kier alpha value is -1.45. The van der Waals surface area contributed by atoms with Crippen molar-refractivity contribution in [1.29, 1.82) is 0 Å². The molecule has 0 aliphatic rings. The first-order valence-corrected chi connectivity index (χ1v) is 4.89. The summed E-state index contributed by atoms with van der Waals surface area (Å²) in [5.41, 5.74) is -0.276. The zero-order chi connectivity index (χ0) is 12.5. The molecule has 0 spiro atoms. The summed E-state index contributed by atoms with van der Waals surface area (Å²) in [5, 5.41) is 8.87. The second kappa shape index (κ2) is 4.20. The molecule has 0 aliphatic heterocycles. The molecule has 16 heavy (non-hydrogen) atoms. The topological polar surface area (TPSA) is 37.3 Å². The van der Waals surface area contributed by atoms with E-state index in [0.29, 0.717) is 0 Å². The Balaban J connectivity index is 3.34. The number of benzene rings is 1. The normalized spacial score (nSPS) is 11.9. The SMILES string of the molecule is CC(C)(C)c1ccc(C(F)F)c(C(=O)O)c1. The average molecular weight is 228 g/mol. The maximum Gasteiger partial charge on any atom is 0.336 e. The Morgan fingerprint density at radius 3 is 2.25 bits per heavy atom. The maximum absolute atomic E-state index is 12.6. The number of carboxylic acid groups (broad SMARTS) is 1. The molecular weight excluding hydrogens is 214 g/mol. The molecule has 0 aromatic heterocycles. The monoisotopic (exact) mass is 228 g/mol. The van der Waals surface area contributed by atoms with Crippen molar-refractivity contribution in [2.24, 2.45) is 0 Å². The number of rotatable bonds is 2. The maximum atomic E-state index is 12.6. The number of carboxylic acids is 1. The van der Waals surface area contributed by atoms with E-state index < -0.39 is 18.0 Å². The molecule has 0 saturated heterocycles. The Morgan fingerprint density at radius 2 is 1.88 bits per heavy atom. The number of halogens is 2. The first-order valence-electron chi connectivity index (χ1n) is 4.89. The molecule has 1 N–H and O–H groups in total. The minimum absolute atomic E-state index is 0.259. The van der Waals surface area contributed by atoms with E-state index in [4.69, 9.17) is 5.11 Å². The highest BCUT2D eigenvalue weighted by Crippen LogP contribution is 2.29. The fraction of sp³-hybridized carbons (Fsp3) is 0.417. The number of carbonyl (C=O) groups is 1. The fourth-order valence-electron chi connectivity index (χ4n) is 1.40. The van der Waals surface area contributed by atoms with Crippen LogP contribution in [-0.4, -0.2) is 11.1 Å². The Morgan fingerprint density at radius 1 is 1.31 bits per heavy atom. The van der Waals surface area contributed by atoms with E-state index in [9.17, 15) is 13.6 Å². The van der Waals surface area contributed by atoms with Gasteiger partial charge in [-0.05, 0) is 17.0 Å². The largest absolute Gasteiger partial charge is 0.478 e. The average Bonchev–Trinajstić information content (AvgIpc) is 2.15. The van der Waals surface area contributed by atoms with E-state index in [2.05, 4.69) is 0 Å². The molecule has 88 valence electrons. The molecule has 0 amide bonds. The number of hydrogen-bond donors (Lipinski definition) is 1. The molecule has 0 fully saturated rings. The van der Waals surface area contributed by atoms with Gasteiger partial charge in [0.25, 0.3) is 6.43 Å². The minimum Gasteiger partial charge on any atom is -0.478 e. The lowest BCUT2D eigenvalue weighted by Crippen LogP contribution is -2.13. The third-order valence-electron chi connectivity index (χ3n) is 2.38. The molecule has 1 aromatic carbocycles. The second-order valence-corrected chi connectivity index (χ2v) is 4.66. The summed E-state index contributed by atoms with van der Waals surface area (Å²) < 4.78 is 25.1. The lowest BCUT2D eigenvalue weighted by molar-refractivity contribution is 0.0684. The third kappa shape index (κ3) is 2.56. The van der Waals surface area contributed by atoms with Crippen molar-refractivity contribution in [2.75, 3.05) is 0 Å². The summed E-state index contributed by atoms with van der Waals surface area (Å²) in [7, 11) is 0. The molecule has 0 radical (unpaired) electrons. The molecule has 4 heteroatoms. The van der Waals surface area contributed by atoms with Gasteiger partial charge in [-0.1, -0.05) is 32.9 Å². The van der Waals surface area contributed by atoms with Gasteiger partial charge in [-0.2, -0.15) is 0 Å². The zero-order valence-corrected chi connectivity index (χ0v) is 9.42. The van der Waals surface area contributed by atoms with Crippen LogP contribution in [0.5, 0.6) is 0 Å². The van der Waals surface area contributed by atoms with Crippen LogP contribution in [-0.2, 0) is 5.41 Å². The van der Waals surface area contributed by atoms with E-state index in [1.807, 2.05) is 20.8 Å². The van der Waals surface area contributed by atoms with Crippen LogP contribution in [0.1, 0.15) is 48.7 Å². The number of hydrogen-bond acceptors (Lipinski definition) is 1. The standard InChI is InChI=1S/C12H14F2O2/c1-12(2,3)7-4-5-8(10(13)14)9(6-7)11(15)16/h4-6,10H,1-3H3,(H,15,16). The Labute approximate surface area is 92.9 Å². The van der Waals surface area contributed by atoms with Crippen LogP contribution in [0.3, 0.4) is 0 Å². The molecule has 0 bridgehead atoms. The second-order valence-electron chi connectivity index (χ2n) is 4.66. The van der Waals surface area contributed by atoms with E-state index in [-0.39, 0.29) is 11.0 Å². The van der Waals surface area contributed by atoms with Crippen molar-refractivity contribution in [3.05, 3.63) is 34.9 Å². The third-order valence-corrected chi connectivity index (χ3v) is 2.38. The van der Waals surface area contributed by atoms with Crippen molar-refractivity contribution in [1.82, 2.24) is 0 Å². The summed E-state index contributed by atoms with van der Waals surface area (Å²) in [6, 6.07) is 4.06. The van der Waals surface area contributed by atoms with Crippen LogP contribution in [0.2, 0.25) is 0 Å². The molecule has 0 heterocycles. The van der Waals surface area contributed by atoms with Gasteiger partial charge in [0.1, 0.15) is 0 Å². The van der Waals surface area contributed by atoms with Gasteiger partial charge in [-0.25, -0.2) is 13.6 Å². The summed E-state index contributed by atoms with van der Waals surface area (Å²) in [4.78, 5) is 10.9. The quantitative estimate of drug-likeness (QED) is 0.839. The lowest BCUT2D eigenvalue weighted by atomic mass is 9.85. The van der Waals surface area contributed by atoms with Gasteiger partial charge in [-0.15, -0.1) is 0 Å². The minimum atomic E-state index is -2.76. The van der Waals surface area contributed by atoms with Crippen molar-refractivity contribution >= 4 is 5.97 Å². The summed E-state index contributed by atoms with van der Waals surface area (Å²) in [5.74, 6) is -1.32. The first-order chi connectivity index (χ1) is 7.23. The van der Waals surface area contributed by atoms with Crippen LogP contribution in [0.15, 0.2) is 18.2 Å². The van der Waals surface area contributed by atoms with Gasteiger partial charge in [-0.3, -0.25) is 0 Å². The van der Waals surface area contributed by atoms with Gasteiger partial charge in [0.15, 0.2) is 0 Å². The van der Waals surface area contributed by atoms with Crippen LogP contribution >= 0.6 is 0 Å². The van der Waals surface area contributed by atoms with Crippen LogP contribution < -0.4 is 0 Å². The van der Waals surface area contributed by atoms with Crippen molar-refractivity contribution < 1.29 is 18.7 Å². The van der Waals surface area contributed by atoms with Gasteiger partial charge in [0, 0.05) is 5.56 Å². The molecule has 0 saturated carbocycles. The van der Waals surface area contributed by atoms with Gasteiger partial charge >= 0.3 is 5.97 Å². The molecule has 0 atom stereocenters. The number of aromatic carboxylic acids is 1. The van der Waals surface area contributed by atoms with Gasteiger partial charge in [0.05, 0.1) is 5.56 Å². The highest BCUT2D eigenvalue weighted by molar-refractivity contribution is 5.89. The van der Waals surface area contributed by atoms with E-state index >= 15 is 0 Å². The summed E-state index contributed by atoms with van der Waals surface area (Å²) in [6.45, 7) is 5.70. The number of alkyl halides is 2. The van der Waals surface area contributed by atoms with Crippen molar-refractivity contribution in [3.63, 3.8) is 0 Å². The highest BCUT2D eigenvalue weighted by atomic mass is 19.3. The van der Waals surface area contributed by atoms with Gasteiger partial charge in [0.2, 0.25) is 0 Å². The highest BCUT2D eigenvalue weighted by Gasteiger charge is 2.21. The predicted molar refractivity (Wildman–Crippen MR) is 57.1 cm³/mol. The molecule has 2 nitrogen and oxygen atoms in total. The van der Waals surface area contributed by atoms with E-state index in [1.165, 1.54) is 12.1 Å². The molecule has 1 rings (SSSR count). The first kappa shape index (κ1) is 12.6. The van der Waals surface area contributed by atoms with E-state index in [1.54, 1.807) is 6.07 Å². The smallest absolute Gasteiger partial charge is 0.336 e. The van der Waals surface area contributed by atoms with Crippen LogP contribution in [0.25, 0.3) is 0 Å². The fourth-order valence-corrected chi connectivity index (χ4v) is 1.40. The molecule has 0 unspecified atom stereocenters. The lowest BCUT2D eigenvalue weighted by Gasteiger charge is -2.20. The Kier molecular flexibility index (Phi) is 3.31.